The second-order valence-corrected chi connectivity index (χ2v) is 4.80. The van der Waals surface area contributed by atoms with E-state index in [9.17, 15) is 5.26 Å². The van der Waals surface area contributed by atoms with Crippen molar-refractivity contribution < 1.29 is 0 Å². The highest BCUT2D eigenvalue weighted by Gasteiger charge is 2.26. The molecule has 0 bridgehead atoms. The summed E-state index contributed by atoms with van der Waals surface area (Å²) in [5, 5.41) is 12.5. The highest BCUT2D eigenvalue weighted by molar-refractivity contribution is 5.60. The molecule has 1 aliphatic rings. The number of nitrogens with zero attached hydrogens (tertiary/aromatic N) is 3. The van der Waals surface area contributed by atoms with Gasteiger partial charge in [-0.3, -0.25) is 0 Å². The zero-order valence-corrected chi connectivity index (χ0v) is 11.1. The van der Waals surface area contributed by atoms with E-state index in [1.807, 2.05) is 31.3 Å². The second kappa shape index (κ2) is 5.85. The predicted molar refractivity (Wildman–Crippen MR) is 73.7 cm³/mol. The van der Waals surface area contributed by atoms with Crippen LogP contribution in [0.25, 0.3) is 0 Å². The van der Waals surface area contributed by atoms with E-state index in [4.69, 9.17) is 0 Å². The Kier molecular flexibility index (Phi) is 4.19. The molecule has 1 aromatic rings. The maximum atomic E-state index is 9.21. The van der Waals surface area contributed by atoms with Crippen LogP contribution in [0.1, 0.15) is 5.56 Å². The molecule has 1 saturated heterocycles. The van der Waals surface area contributed by atoms with Gasteiger partial charge in [0.25, 0.3) is 0 Å². The van der Waals surface area contributed by atoms with Crippen LogP contribution in [0.4, 0.5) is 5.69 Å². The first-order valence-electron chi connectivity index (χ1n) is 6.35. The van der Waals surface area contributed by atoms with Crippen LogP contribution >= 0.6 is 0 Å². The molecule has 1 atom stereocenters. The minimum absolute atomic E-state index is 0.420. The number of nitriles is 1. The van der Waals surface area contributed by atoms with Gasteiger partial charge >= 0.3 is 0 Å². The average molecular weight is 244 g/mol. The fraction of sp³-hybridized carbons (Fsp3) is 0.500. The van der Waals surface area contributed by atoms with Crippen molar-refractivity contribution in [3.63, 3.8) is 0 Å². The lowest BCUT2D eigenvalue weighted by atomic mass is 10.1. The van der Waals surface area contributed by atoms with Crippen molar-refractivity contribution in [1.82, 2.24) is 10.2 Å². The van der Waals surface area contributed by atoms with Crippen molar-refractivity contribution in [2.75, 3.05) is 45.2 Å². The summed E-state index contributed by atoms with van der Waals surface area (Å²) in [6.45, 7) is 3.98. The van der Waals surface area contributed by atoms with E-state index in [0.29, 0.717) is 6.04 Å². The van der Waals surface area contributed by atoms with E-state index >= 15 is 0 Å². The van der Waals surface area contributed by atoms with Crippen LogP contribution in [0, 0.1) is 11.3 Å². The van der Waals surface area contributed by atoms with Crippen LogP contribution in [0.3, 0.4) is 0 Å². The number of para-hydroxylation sites is 1. The van der Waals surface area contributed by atoms with Gasteiger partial charge in [0, 0.05) is 26.2 Å². The first kappa shape index (κ1) is 12.9. The molecular weight excluding hydrogens is 224 g/mol. The molecule has 2 rings (SSSR count). The Morgan fingerprint density at radius 1 is 1.39 bits per heavy atom. The Bertz CT molecular complexity index is 438. The van der Waals surface area contributed by atoms with Gasteiger partial charge in [-0.15, -0.1) is 0 Å². The molecule has 1 heterocycles. The Hall–Kier alpha value is -1.57. The first-order valence-corrected chi connectivity index (χ1v) is 6.35. The summed E-state index contributed by atoms with van der Waals surface area (Å²) in [5.74, 6) is 0. The quantitative estimate of drug-likeness (QED) is 0.858. The molecular formula is C14H20N4. The Balaban J connectivity index is 2.27. The summed E-state index contributed by atoms with van der Waals surface area (Å²) in [7, 11) is 4.12. The maximum Gasteiger partial charge on any atom is 0.101 e. The van der Waals surface area contributed by atoms with Gasteiger partial charge in [0.15, 0.2) is 0 Å². The predicted octanol–water partition coefficient (Wildman–Crippen LogP) is 0.898. The van der Waals surface area contributed by atoms with Crippen molar-refractivity contribution in [2.45, 2.75) is 6.04 Å². The number of nitrogens with one attached hydrogen (secondary N) is 1. The van der Waals surface area contributed by atoms with E-state index in [2.05, 4.69) is 28.2 Å². The molecule has 1 N–H and O–H groups in total. The Labute approximate surface area is 109 Å². The Morgan fingerprint density at radius 2 is 2.17 bits per heavy atom. The zero-order valence-electron chi connectivity index (χ0n) is 11.1. The molecule has 96 valence electrons. The second-order valence-electron chi connectivity index (χ2n) is 4.80. The zero-order chi connectivity index (χ0) is 13.0. The van der Waals surface area contributed by atoms with Gasteiger partial charge in [-0.1, -0.05) is 12.1 Å². The molecule has 1 fully saturated rings. The van der Waals surface area contributed by atoms with Gasteiger partial charge in [-0.2, -0.15) is 5.26 Å². The molecule has 0 amide bonds. The fourth-order valence-corrected chi connectivity index (χ4v) is 2.56. The smallest absolute Gasteiger partial charge is 0.101 e. The normalized spacial score (nSPS) is 20.7. The third kappa shape index (κ3) is 2.63. The van der Waals surface area contributed by atoms with Crippen LogP contribution in [0.15, 0.2) is 24.3 Å². The van der Waals surface area contributed by atoms with Gasteiger partial charge < -0.3 is 15.1 Å². The van der Waals surface area contributed by atoms with E-state index in [-0.39, 0.29) is 0 Å². The summed E-state index contributed by atoms with van der Waals surface area (Å²) >= 11 is 0. The van der Waals surface area contributed by atoms with E-state index in [1.54, 1.807) is 0 Å². The molecule has 1 aliphatic heterocycles. The molecule has 0 aliphatic carbocycles. The number of anilines is 1. The number of likely N-dealkylation sites (N-methyl/N-ethyl adjacent to an activating group) is 2. The van der Waals surface area contributed by atoms with Gasteiger partial charge in [0.2, 0.25) is 0 Å². The SMILES string of the molecule is CNCC1CN(C)CCN1c1ccccc1C#N. The fourth-order valence-electron chi connectivity index (χ4n) is 2.56. The van der Waals surface area contributed by atoms with E-state index in [0.717, 1.165) is 37.4 Å². The standard InChI is InChI=1S/C14H20N4/c1-16-10-13-11-17(2)7-8-18(13)14-6-4-3-5-12(14)9-15/h3-6,13,16H,7-8,10-11H2,1-2H3. The van der Waals surface area contributed by atoms with Crippen molar-refractivity contribution in [3.05, 3.63) is 29.8 Å². The van der Waals surface area contributed by atoms with Crippen molar-refractivity contribution in [2.24, 2.45) is 0 Å². The highest BCUT2D eigenvalue weighted by Crippen LogP contribution is 2.23. The van der Waals surface area contributed by atoms with Gasteiger partial charge in [0.05, 0.1) is 17.3 Å². The maximum absolute atomic E-state index is 9.21. The van der Waals surface area contributed by atoms with Crippen LogP contribution in [-0.4, -0.2) is 51.2 Å². The average Bonchev–Trinajstić information content (AvgIpc) is 2.39. The topological polar surface area (TPSA) is 42.3 Å². The molecule has 0 aromatic heterocycles. The van der Waals surface area contributed by atoms with Crippen LogP contribution in [0.5, 0.6) is 0 Å². The van der Waals surface area contributed by atoms with E-state index < -0.39 is 0 Å². The largest absolute Gasteiger partial charge is 0.364 e. The number of rotatable bonds is 3. The molecule has 4 nitrogen and oxygen atoms in total. The third-order valence-electron chi connectivity index (χ3n) is 3.46. The van der Waals surface area contributed by atoms with Gasteiger partial charge in [-0.25, -0.2) is 0 Å². The number of piperazine rings is 1. The summed E-state index contributed by atoms with van der Waals surface area (Å²) in [6, 6.07) is 10.6. The summed E-state index contributed by atoms with van der Waals surface area (Å²) < 4.78 is 0. The molecule has 1 aromatic carbocycles. The minimum atomic E-state index is 0.420. The molecule has 0 saturated carbocycles. The molecule has 1 unspecified atom stereocenters. The molecule has 18 heavy (non-hydrogen) atoms. The minimum Gasteiger partial charge on any atom is -0.364 e. The number of hydrogen-bond donors (Lipinski definition) is 1. The van der Waals surface area contributed by atoms with Gasteiger partial charge in [-0.05, 0) is 26.2 Å². The van der Waals surface area contributed by atoms with Crippen LogP contribution < -0.4 is 10.2 Å². The lowest BCUT2D eigenvalue weighted by molar-refractivity contribution is 0.265. The van der Waals surface area contributed by atoms with Crippen LogP contribution in [-0.2, 0) is 0 Å². The summed E-state index contributed by atoms with van der Waals surface area (Å²) in [4.78, 5) is 4.70. The molecule has 4 heteroatoms. The highest BCUT2D eigenvalue weighted by atomic mass is 15.3. The van der Waals surface area contributed by atoms with Gasteiger partial charge in [0.1, 0.15) is 6.07 Å². The Morgan fingerprint density at radius 3 is 2.89 bits per heavy atom. The molecule has 0 spiro atoms. The number of hydrogen-bond acceptors (Lipinski definition) is 4. The van der Waals surface area contributed by atoms with Crippen LogP contribution in [0.2, 0.25) is 0 Å². The third-order valence-corrected chi connectivity index (χ3v) is 3.46. The lowest BCUT2D eigenvalue weighted by Gasteiger charge is -2.41. The lowest BCUT2D eigenvalue weighted by Crippen LogP contribution is -2.55. The number of benzene rings is 1. The summed E-state index contributed by atoms with van der Waals surface area (Å²) in [6.07, 6.45) is 0. The first-order chi connectivity index (χ1) is 8.76. The monoisotopic (exact) mass is 244 g/mol. The van der Waals surface area contributed by atoms with E-state index in [1.165, 1.54) is 0 Å². The van der Waals surface area contributed by atoms with Crippen molar-refractivity contribution >= 4 is 5.69 Å². The van der Waals surface area contributed by atoms with Crippen molar-refractivity contribution in [3.8, 4) is 6.07 Å². The summed E-state index contributed by atoms with van der Waals surface area (Å²) in [5.41, 5.74) is 1.83. The molecule has 0 radical (unpaired) electrons. The van der Waals surface area contributed by atoms with Crippen molar-refractivity contribution in [1.29, 1.82) is 5.26 Å².